The van der Waals surface area contributed by atoms with Crippen LogP contribution in [0, 0.1) is 5.92 Å². The number of nitrogens with one attached hydrogen (secondary N) is 1. The molecule has 1 amide bonds. The fraction of sp³-hybridized carbons (Fsp3) is 0.333. The Balaban J connectivity index is 2.42. The Labute approximate surface area is 182 Å². The number of rotatable bonds is 8. The van der Waals surface area contributed by atoms with Gasteiger partial charge in [0.05, 0.1) is 28.3 Å². The largest absolute Gasteiger partial charge is 0.467 e. The van der Waals surface area contributed by atoms with Gasteiger partial charge in [-0.05, 0) is 43.2 Å². The maximum atomic E-state index is 13.2. The van der Waals surface area contributed by atoms with Crippen LogP contribution in [0.25, 0.3) is 0 Å². The van der Waals surface area contributed by atoms with Crippen LogP contribution in [0.1, 0.15) is 31.1 Å². The van der Waals surface area contributed by atoms with Gasteiger partial charge in [0.2, 0.25) is 0 Å². The lowest BCUT2D eigenvalue weighted by atomic mass is 10.0. The van der Waals surface area contributed by atoms with Crippen molar-refractivity contribution in [3.8, 4) is 0 Å². The normalized spacial score (nSPS) is 12.3. The van der Waals surface area contributed by atoms with Gasteiger partial charge in [0, 0.05) is 6.54 Å². The topological polar surface area (TPSA) is 92.8 Å². The number of hydrogen-bond donors (Lipinski definition) is 1. The van der Waals surface area contributed by atoms with Gasteiger partial charge in [0.25, 0.3) is 15.9 Å². The molecule has 0 aliphatic heterocycles. The van der Waals surface area contributed by atoms with Crippen LogP contribution in [0.15, 0.2) is 53.4 Å². The van der Waals surface area contributed by atoms with Crippen molar-refractivity contribution in [1.29, 1.82) is 0 Å². The van der Waals surface area contributed by atoms with E-state index in [2.05, 4.69) is 5.32 Å². The van der Waals surface area contributed by atoms with Crippen LogP contribution in [0.4, 0.5) is 5.69 Å². The molecule has 162 valence electrons. The Hall–Kier alpha value is -2.58. The summed E-state index contributed by atoms with van der Waals surface area (Å²) in [6.07, 6.45) is 0. The first-order chi connectivity index (χ1) is 14.1. The number of hydrogen-bond acceptors (Lipinski definition) is 5. The van der Waals surface area contributed by atoms with Crippen LogP contribution in [0.5, 0.6) is 0 Å². The number of ether oxygens (including phenoxy) is 1. The number of nitrogens with zero attached hydrogens (tertiary/aromatic N) is 1. The molecule has 2 rings (SSSR count). The monoisotopic (exact) mass is 452 g/mol. The first kappa shape index (κ1) is 23.7. The molecule has 0 saturated heterocycles. The average Bonchev–Trinajstić information content (AvgIpc) is 2.72. The van der Waals surface area contributed by atoms with E-state index in [4.69, 9.17) is 16.3 Å². The number of amides is 1. The second kappa shape index (κ2) is 9.95. The van der Waals surface area contributed by atoms with Crippen LogP contribution in [-0.4, -0.2) is 40.0 Å². The van der Waals surface area contributed by atoms with Crippen molar-refractivity contribution < 1.29 is 22.7 Å². The molecule has 30 heavy (non-hydrogen) atoms. The highest BCUT2D eigenvalue weighted by molar-refractivity contribution is 7.92. The Kier molecular flexibility index (Phi) is 7.86. The number of methoxy groups -OCH3 is 1. The zero-order chi connectivity index (χ0) is 22.5. The summed E-state index contributed by atoms with van der Waals surface area (Å²) < 4.78 is 32.4. The molecule has 0 saturated carbocycles. The highest BCUT2D eigenvalue weighted by atomic mass is 35.5. The van der Waals surface area contributed by atoms with Gasteiger partial charge in [-0.1, -0.05) is 43.6 Å². The standard InChI is InChI=1S/C21H25ClN2O5S/c1-5-24(15-9-7-6-8-10-15)30(27,28)16-11-12-18(22)17(13-16)20(25)23-19(14(2)3)21(26)29-4/h6-14,19H,5H2,1-4H3,(H,23,25). The van der Waals surface area contributed by atoms with Gasteiger partial charge in [-0.2, -0.15) is 0 Å². The van der Waals surface area contributed by atoms with E-state index in [0.29, 0.717) is 5.69 Å². The summed E-state index contributed by atoms with van der Waals surface area (Å²) in [6.45, 7) is 5.43. The number of carbonyl (C=O) groups excluding carboxylic acids is 2. The molecule has 9 heteroatoms. The lowest BCUT2D eigenvalue weighted by Crippen LogP contribution is -2.45. The van der Waals surface area contributed by atoms with Crippen LogP contribution in [-0.2, 0) is 19.6 Å². The van der Waals surface area contributed by atoms with E-state index in [0.717, 1.165) is 0 Å². The van der Waals surface area contributed by atoms with Crippen LogP contribution >= 0.6 is 11.6 Å². The maximum Gasteiger partial charge on any atom is 0.328 e. The molecule has 1 unspecified atom stereocenters. The summed E-state index contributed by atoms with van der Waals surface area (Å²) in [5, 5.41) is 2.64. The van der Waals surface area contributed by atoms with Gasteiger partial charge in [-0.15, -0.1) is 0 Å². The lowest BCUT2D eigenvalue weighted by Gasteiger charge is -2.23. The van der Waals surface area contributed by atoms with Gasteiger partial charge in [0.1, 0.15) is 6.04 Å². The average molecular weight is 453 g/mol. The quantitative estimate of drug-likeness (QED) is 0.619. The zero-order valence-electron chi connectivity index (χ0n) is 17.3. The highest BCUT2D eigenvalue weighted by Crippen LogP contribution is 2.26. The number of halogens is 1. The van der Waals surface area contributed by atoms with E-state index >= 15 is 0 Å². The number of benzene rings is 2. The van der Waals surface area contributed by atoms with Gasteiger partial charge in [-0.3, -0.25) is 9.10 Å². The predicted octanol–water partition coefficient (Wildman–Crippen LogP) is 3.48. The fourth-order valence-corrected chi connectivity index (χ4v) is 4.60. The summed E-state index contributed by atoms with van der Waals surface area (Å²) >= 11 is 6.16. The van der Waals surface area contributed by atoms with E-state index in [1.54, 1.807) is 51.1 Å². The molecule has 0 spiro atoms. The second-order valence-corrected chi connectivity index (χ2v) is 9.13. The molecule has 1 atom stereocenters. The van der Waals surface area contributed by atoms with Crippen LogP contribution in [0.2, 0.25) is 5.02 Å². The van der Waals surface area contributed by atoms with E-state index in [-0.39, 0.29) is 27.9 Å². The van der Waals surface area contributed by atoms with E-state index in [9.17, 15) is 18.0 Å². The van der Waals surface area contributed by atoms with Crippen LogP contribution < -0.4 is 9.62 Å². The molecule has 0 heterocycles. The third-order valence-electron chi connectivity index (χ3n) is 4.51. The van der Waals surface area contributed by atoms with E-state index in [1.165, 1.54) is 29.6 Å². The van der Waals surface area contributed by atoms with Crippen LogP contribution in [0.3, 0.4) is 0 Å². The highest BCUT2D eigenvalue weighted by Gasteiger charge is 2.28. The smallest absolute Gasteiger partial charge is 0.328 e. The van der Waals surface area contributed by atoms with Crippen molar-refractivity contribution in [2.45, 2.75) is 31.7 Å². The van der Waals surface area contributed by atoms with Crippen molar-refractivity contribution in [3.05, 3.63) is 59.1 Å². The molecule has 0 radical (unpaired) electrons. The molecule has 0 aliphatic rings. The molecule has 2 aromatic carbocycles. The lowest BCUT2D eigenvalue weighted by molar-refractivity contribution is -0.144. The first-order valence-electron chi connectivity index (χ1n) is 9.39. The minimum atomic E-state index is -3.94. The molecule has 0 bridgehead atoms. The SMILES string of the molecule is CCN(c1ccccc1)S(=O)(=O)c1ccc(Cl)c(C(=O)NC(C(=O)OC)C(C)C)c1. The molecule has 7 nitrogen and oxygen atoms in total. The fourth-order valence-electron chi connectivity index (χ4n) is 2.90. The number of carbonyl (C=O) groups is 2. The van der Waals surface area contributed by atoms with Gasteiger partial charge >= 0.3 is 5.97 Å². The number of anilines is 1. The van der Waals surface area contributed by atoms with Crippen molar-refractivity contribution in [2.24, 2.45) is 5.92 Å². The van der Waals surface area contributed by atoms with Crippen molar-refractivity contribution in [1.82, 2.24) is 5.32 Å². The summed E-state index contributed by atoms with van der Waals surface area (Å²) in [7, 11) is -2.71. The maximum absolute atomic E-state index is 13.2. The Morgan fingerprint density at radius 3 is 2.30 bits per heavy atom. The minimum absolute atomic E-state index is 0.0450. The molecule has 0 aliphatic carbocycles. The third-order valence-corrected chi connectivity index (χ3v) is 6.74. The van der Waals surface area contributed by atoms with E-state index in [1.807, 2.05) is 0 Å². The summed E-state index contributed by atoms with van der Waals surface area (Å²) in [4.78, 5) is 24.6. The number of esters is 1. The Morgan fingerprint density at radius 1 is 1.13 bits per heavy atom. The number of para-hydroxylation sites is 1. The number of sulfonamides is 1. The van der Waals surface area contributed by atoms with Gasteiger partial charge < -0.3 is 10.1 Å². The predicted molar refractivity (Wildman–Crippen MR) is 116 cm³/mol. The second-order valence-electron chi connectivity index (χ2n) is 6.87. The summed E-state index contributed by atoms with van der Waals surface area (Å²) in [5.41, 5.74) is 0.461. The Bertz CT molecular complexity index is 1010. The van der Waals surface area contributed by atoms with Crippen molar-refractivity contribution >= 4 is 39.2 Å². The van der Waals surface area contributed by atoms with E-state index < -0.39 is 27.9 Å². The molecule has 0 aromatic heterocycles. The molecule has 0 fully saturated rings. The molecular formula is C21H25ClN2O5S. The summed E-state index contributed by atoms with van der Waals surface area (Å²) in [6, 6.07) is 11.7. The first-order valence-corrected chi connectivity index (χ1v) is 11.2. The van der Waals surface area contributed by atoms with Crippen molar-refractivity contribution in [2.75, 3.05) is 18.0 Å². The van der Waals surface area contributed by atoms with Gasteiger partial charge in [-0.25, -0.2) is 13.2 Å². The molecular weight excluding hydrogens is 428 g/mol. The minimum Gasteiger partial charge on any atom is -0.467 e. The Morgan fingerprint density at radius 2 is 1.77 bits per heavy atom. The van der Waals surface area contributed by atoms with Crippen molar-refractivity contribution in [3.63, 3.8) is 0 Å². The summed E-state index contributed by atoms with van der Waals surface area (Å²) in [5.74, 6) is -1.50. The van der Waals surface area contributed by atoms with Gasteiger partial charge in [0.15, 0.2) is 0 Å². The third kappa shape index (κ3) is 5.12. The zero-order valence-corrected chi connectivity index (χ0v) is 18.8. The molecule has 1 N–H and O–H groups in total. The molecule has 2 aromatic rings.